The summed E-state index contributed by atoms with van der Waals surface area (Å²) >= 11 is 0. The maximum absolute atomic E-state index is 5.59. The number of nitrogens with two attached hydrogens (primary N) is 1. The van der Waals surface area contributed by atoms with Gasteiger partial charge in [0.15, 0.2) is 0 Å². The fourth-order valence-corrected chi connectivity index (χ4v) is 2.80. The highest BCUT2D eigenvalue weighted by molar-refractivity contribution is 5.31. The van der Waals surface area contributed by atoms with Gasteiger partial charge in [-0.3, -0.25) is 4.90 Å². The third kappa shape index (κ3) is 2.87. The average molecular weight is 261 g/mol. The molecule has 0 aromatic carbocycles. The van der Waals surface area contributed by atoms with Crippen LogP contribution in [0.1, 0.15) is 30.7 Å². The van der Waals surface area contributed by atoms with E-state index in [-0.39, 0.29) is 0 Å². The largest absolute Gasteiger partial charge is 0.338 e. The highest BCUT2D eigenvalue weighted by Gasteiger charge is 2.22. The summed E-state index contributed by atoms with van der Waals surface area (Å²) < 4.78 is 0. The van der Waals surface area contributed by atoms with Crippen LogP contribution < -0.4 is 10.6 Å². The maximum atomic E-state index is 5.59. The number of hydrogen-bond donors (Lipinski definition) is 1. The second-order valence-corrected chi connectivity index (χ2v) is 5.56. The van der Waals surface area contributed by atoms with Crippen molar-refractivity contribution in [1.29, 1.82) is 0 Å². The minimum Gasteiger partial charge on any atom is -0.338 e. The van der Waals surface area contributed by atoms with Crippen molar-refractivity contribution in [1.82, 2.24) is 14.9 Å². The molecule has 1 aliphatic carbocycles. The Balaban J connectivity index is 1.57. The van der Waals surface area contributed by atoms with Crippen LogP contribution in [-0.2, 0) is 0 Å². The molecule has 0 bridgehead atoms. The van der Waals surface area contributed by atoms with Crippen LogP contribution in [0.15, 0.2) is 12.4 Å². The Morgan fingerprint density at radius 1 is 1.11 bits per heavy atom. The van der Waals surface area contributed by atoms with Gasteiger partial charge in [0, 0.05) is 51.7 Å². The van der Waals surface area contributed by atoms with Crippen LogP contribution in [0.5, 0.6) is 0 Å². The molecule has 3 rings (SSSR count). The molecule has 1 saturated carbocycles. The zero-order valence-corrected chi connectivity index (χ0v) is 11.5. The van der Waals surface area contributed by atoms with E-state index in [1.54, 1.807) is 0 Å². The molecule has 2 fully saturated rings. The van der Waals surface area contributed by atoms with E-state index in [4.69, 9.17) is 5.73 Å². The molecular formula is C14H23N5. The molecule has 104 valence electrons. The molecule has 0 amide bonds. The molecule has 1 aromatic rings. The lowest BCUT2D eigenvalue weighted by atomic mass is 9.81. The van der Waals surface area contributed by atoms with Crippen LogP contribution in [0.2, 0.25) is 0 Å². The van der Waals surface area contributed by atoms with E-state index in [0.717, 1.165) is 51.1 Å². The lowest BCUT2D eigenvalue weighted by Gasteiger charge is -2.34. The van der Waals surface area contributed by atoms with Crippen LogP contribution >= 0.6 is 0 Å². The second-order valence-electron chi connectivity index (χ2n) is 5.56. The van der Waals surface area contributed by atoms with Gasteiger partial charge in [0.05, 0.1) is 0 Å². The van der Waals surface area contributed by atoms with E-state index >= 15 is 0 Å². The minimum absolute atomic E-state index is 0.718. The van der Waals surface area contributed by atoms with Crippen molar-refractivity contribution >= 4 is 5.95 Å². The van der Waals surface area contributed by atoms with Gasteiger partial charge in [0.2, 0.25) is 5.95 Å². The Bertz CT molecular complexity index is 393. The molecule has 2 N–H and O–H groups in total. The lowest BCUT2D eigenvalue weighted by molar-refractivity contribution is 0.263. The van der Waals surface area contributed by atoms with E-state index in [9.17, 15) is 0 Å². The van der Waals surface area contributed by atoms with Gasteiger partial charge >= 0.3 is 0 Å². The van der Waals surface area contributed by atoms with E-state index in [0.29, 0.717) is 0 Å². The molecule has 0 unspecified atom stereocenters. The Morgan fingerprint density at radius 2 is 1.79 bits per heavy atom. The number of rotatable bonds is 4. The summed E-state index contributed by atoms with van der Waals surface area (Å²) in [5.41, 5.74) is 6.91. The van der Waals surface area contributed by atoms with Crippen LogP contribution in [0, 0.1) is 0 Å². The zero-order valence-electron chi connectivity index (χ0n) is 11.5. The maximum Gasteiger partial charge on any atom is 0.225 e. The van der Waals surface area contributed by atoms with Crippen molar-refractivity contribution in [3.63, 3.8) is 0 Å². The monoisotopic (exact) mass is 261 g/mol. The third-order valence-corrected chi connectivity index (χ3v) is 4.34. The fraction of sp³-hybridized carbons (Fsp3) is 0.714. The quantitative estimate of drug-likeness (QED) is 0.870. The van der Waals surface area contributed by atoms with Crippen molar-refractivity contribution in [3.05, 3.63) is 18.0 Å². The number of anilines is 1. The van der Waals surface area contributed by atoms with Crippen LogP contribution in [0.4, 0.5) is 5.95 Å². The topological polar surface area (TPSA) is 58.3 Å². The Kier molecular flexibility index (Phi) is 3.94. The molecule has 0 spiro atoms. The van der Waals surface area contributed by atoms with Crippen molar-refractivity contribution < 1.29 is 0 Å². The first-order valence-corrected chi connectivity index (χ1v) is 7.36. The molecule has 1 aromatic heterocycles. The predicted octanol–water partition coefficient (Wildman–Crippen LogP) is 0.825. The normalized spacial score (nSPS) is 21.4. The highest BCUT2D eigenvalue weighted by Crippen LogP contribution is 2.35. The first kappa shape index (κ1) is 12.8. The van der Waals surface area contributed by atoms with Crippen molar-refractivity contribution in [2.45, 2.75) is 25.2 Å². The van der Waals surface area contributed by atoms with Crippen molar-refractivity contribution in [2.75, 3.05) is 44.2 Å². The summed E-state index contributed by atoms with van der Waals surface area (Å²) in [6.45, 7) is 5.86. The molecule has 0 radical (unpaired) electrons. The van der Waals surface area contributed by atoms with E-state index in [1.165, 1.54) is 24.8 Å². The van der Waals surface area contributed by atoms with Crippen LogP contribution in [0.25, 0.3) is 0 Å². The van der Waals surface area contributed by atoms with Gasteiger partial charge < -0.3 is 10.6 Å². The zero-order chi connectivity index (χ0) is 13.1. The Hall–Kier alpha value is -1.20. The molecule has 19 heavy (non-hydrogen) atoms. The fourth-order valence-electron chi connectivity index (χ4n) is 2.80. The smallest absolute Gasteiger partial charge is 0.225 e. The molecule has 5 nitrogen and oxygen atoms in total. The molecule has 2 heterocycles. The molecule has 0 atom stereocenters. The number of nitrogens with zero attached hydrogens (tertiary/aromatic N) is 4. The third-order valence-electron chi connectivity index (χ3n) is 4.34. The summed E-state index contributed by atoms with van der Waals surface area (Å²) in [6, 6.07) is 0. The molecule has 1 saturated heterocycles. The van der Waals surface area contributed by atoms with Crippen molar-refractivity contribution in [3.8, 4) is 0 Å². The summed E-state index contributed by atoms with van der Waals surface area (Å²) in [6.07, 6.45) is 8.02. The summed E-state index contributed by atoms with van der Waals surface area (Å²) in [5.74, 6) is 1.60. The van der Waals surface area contributed by atoms with E-state index in [1.807, 2.05) is 12.4 Å². The van der Waals surface area contributed by atoms with E-state index in [2.05, 4.69) is 19.8 Å². The second kappa shape index (κ2) is 5.84. The average Bonchev–Trinajstić information content (AvgIpc) is 2.39. The van der Waals surface area contributed by atoms with Crippen LogP contribution in [0.3, 0.4) is 0 Å². The predicted molar refractivity (Wildman–Crippen MR) is 76.3 cm³/mol. The van der Waals surface area contributed by atoms with Gasteiger partial charge in [0.25, 0.3) is 0 Å². The van der Waals surface area contributed by atoms with Gasteiger partial charge in [-0.1, -0.05) is 6.42 Å². The molecular weight excluding hydrogens is 238 g/mol. The first-order chi connectivity index (χ1) is 9.36. The molecule has 2 aliphatic rings. The molecule has 1 aliphatic heterocycles. The minimum atomic E-state index is 0.718. The van der Waals surface area contributed by atoms with Gasteiger partial charge in [0.1, 0.15) is 0 Å². The lowest BCUT2D eigenvalue weighted by Crippen LogP contribution is -2.48. The SMILES string of the molecule is NCCN1CCN(c2ncc(C3CCC3)cn2)CC1. The number of aromatic nitrogens is 2. The summed E-state index contributed by atoms with van der Waals surface area (Å²) in [4.78, 5) is 13.8. The van der Waals surface area contributed by atoms with Gasteiger partial charge in [-0.15, -0.1) is 0 Å². The number of hydrogen-bond acceptors (Lipinski definition) is 5. The highest BCUT2D eigenvalue weighted by atomic mass is 15.3. The van der Waals surface area contributed by atoms with E-state index < -0.39 is 0 Å². The Morgan fingerprint density at radius 3 is 2.32 bits per heavy atom. The summed E-state index contributed by atoms with van der Waals surface area (Å²) in [7, 11) is 0. The van der Waals surface area contributed by atoms with Gasteiger partial charge in [-0.05, 0) is 24.3 Å². The standard InChI is InChI=1S/C14H23N5/c15-4-5-18-6-8-19(9-7-18)14-16-10-13(11-17-14)12-2-1-3-12/h10-12H,1-9,15H2. The van der Waals surface area contributed by atoms with Gasteiger partial charge in [-0.25, -0.2) is 9.97 Å². The Labute approximate surface area is 114 Å². The molecule has 5 heteroatoms. The number of piperazine rings is 1. The van der Waals surface area contributed by atoms with Crippen LogP contribution in [-0.4, -0.2) is 54.1 Å². The van der Waals surface area contributed by atoms with Crippen molar-refractivity contribution in [2.24, 2.45) is 5.73 Å². The summed E-state index contributed by atoms with van der Waals surface area (Å²) in [5, 5.41) is 0. The first-order valence-electron chi connectivity index (χ1n) is 7.36. The van der Waals surface area contributed by atoms with Gasteiger partial charge in [-0.2, -0.15) is 0 Å².